The molecule has 1 saturated heterocycles. The Labute approximate surface area is 254 Å². The molecule has 0 saturated carbocycles. The molecule has 0 aromatic heterocycles. The zero-order valence-electron chi connectivity index (χ0n) is 24.1. The van der Waals surface area contributed by atoms with Gasteiger partial charge in [0.05, 0.1) is 70.6 Å². The van der Waals surface area contributed by atoms with Crippen molar-refractivity contribution < 1.29 is 42.3 Å². The molecule has 2 N–H and O–H groups in total. The molecule has 0 spiro atoms. The summed E-state index contributed by atoms with van der Waals surface area (Å²) in [4.78, 5) is 51.8. The van der Waals surface area contributed by atoms with E-state index in [4.69, 9.17) is 23.1 Å². The fourth-order valence-corrected chi connectivity index (χ4v) is 5.01. The number of carbonyl (C=O) groups excluding carboxylic acids is 4. The van der Waals surface area contributed by atoms with Gasteiger partial charge in [0.25, 0.3) is 11.8 Å². The van der Waals surface area contributed by atoms with Gasteiger partial charge in [-0.2, -0.15) is 0 Å². The summed E-state index contributed by atoms with van der Waals surface area (Å²) in [5.74, 6) is -2.14. The number of anilines is 1. The van der Waals surface area contributed by atoms with E-state index in [2.05, 4.69) is 10.6 Å². The highest BCUT2D eigenvalue weighted by atomic mass is 32.2. The average molecular weight is 616 g/mol. The van der Waals surface area contributed by atoms with Crippen LogP contribution in [0.15, 0.2) is 47.4 Å². The van der Waals surface area contributed by atoms with Crippen LogP contribution in [-0.4, -0.2) is 101 Å². The van der Waals surface area contributed by atoms with E-state index in [1.54, 1.807) is 18.2 Å². The van der Waals surface area contributed by atoms with Crippen LogP contribution in [-0.2, 0) is 32.7 Å². The van der Waals surface area contributed by atoms with Crippen molar-refractivity contribution in [2.45, 2.75) is 30.7 Å². The standard InChI is InChI=1S/C30H37N3O9S/c1-21-5-7-22(8-6-21)43-42-20-19-41-18-17-40-16-15-39-14-13-38-12-11-31-24-4-2-3-23-27(24)30(37)33(29(23)36)25-9-10-26(34)32-28(25)35/h2-8,25,31H,9-20H2,1H3,(H,32,34,35). The number of amides is 4. The predicted molar refractivity (Wildman–Crippen MR) is 158 cm³/mol. The first-order chi connectivity index (χ1) is 21.0. The molecule has 1 atom stereocenters. The number of rotatable bonds is 19. The van der Waals surface area contributed by atoms with Gasteiger partial charge in [-0.3, -0.25) is 29.4 Å². The molecule has 4 rings (SSSR count). The van der Waals surface area contributed by atoms with Gasteiger partial charge in [0, 0.05) is 35.6 Å². The second-order valence-corrected chi connectivity index (χ2v) is 10.6. The average Bonchev–Trinajstić information content (AvgIpc) is 3.25. The van der Waals surface area contributed by atoms with Crippen LogP contribution in [0.1, 0.15) is 39.1 Å². The van der Waals surface area contributed by atoms with Gasteiger partial charge in [-0.25, -0.2) is 0 Å². The molecular formula is C30H37N3O9S. The highest BCUT2D eigenvalue weighted by Gasteiger charge is 2.45. The molecule has 43 heavy (non-hydrogen) atoms. The molecule has 1 unspecified atom stereocenters. The van der Waals surface area contributed by atoms with Crippen LogP contribution < -0.4 is 10.6 Å². The van der Waals surface area contributed by atoms with Crippen LogP contribution in [0, 0.1) is 6.92 Å². The number of benzene rings is 2. The Hall–Kier alpha value is -3.33. The van der Waals surface area contributed by atoms with Crippen molar-refractivity contribution in [3.05, 3.63) is 59.2 Å². The zero-order valence-corrected chi connectivity index (χ0v) is 25.0. The van der Waals surface area contributed by atoms with Crippen molar-refractivity contribution in [3.8, 4) is 0 Å². The van der Waals surface area contributed by atoms with Crippen molar-refractivity contribution in [1.29, 1.82) is 0 Å². The number of aryl methyl sites for hydroxylation is 1. The van der Waals surface area contributed by atoms with Gasteiger partial charge < -0.3 is 28.4 Å². The maximum absolute atomic E-state index is 13.1. The van der Waals surface area contributed by atoms with Crippen molar-refractivity contribution in [2.75, 3.05) is 71.3 Å². The number of nitrogens with zero attached hydrogens (tertiary/aromatic N) is 1. The highest BCUT2D eigenvalue weighted by Crippen LogP contribution is 2.32. The molecule has 2 aromatic rings. The Balaban J connectivity index is 0.995. The van der Waals surface area contributed by atoms with Crippen LogP contribution in [0.4, 0.5) is 5.69 Å². The molecule has 232 valence electrons. The molecule has 0 aliphatic carbocycles. The number of piperidine rings is 1. The first kappa shape index (κ1) is 32.6. The minimum absolute atomic E-state index is 0.0730. The fraction of sp³-hybridized carbons (Fsp3) is 0.467. The van der Waals surface area contributed by atoms with E-state index in [9.17, 15) is 19.2 Å². The summed E-state index contributed by atoms with van der Waals surface area (Å²) in [5, 5.41) is 5.33. The van der Waals surface area contributed by atoms with Crippen LogP contribution >= 0.6 is 12.0 Å². The van der Waals surface area contributed by atoms with E-state index in [0.29, 0.717) is 71.7 Å². The van der Waals surface area contributed by atoms with Gasteiger partial charge in [-0.15, -0.1) is 0 Å². The number of carbonyl (C=O) groups is 4. The van der Waals surface area contributed by atoms with Crippen molar-refractivity contribution in [2.24, 2.45) is 0 Å². The Morgan fingerprint density at radius 3 is 2.09 bits per heavy atom. The summed E-state index contributed by atoms with van der Waals surface area (Å²) in [6.07, 6.45) is 0.184. The van der Waals surface area contributed by atoms with Gasteiger partial charge in [-0.05, 0) is 37.6 Å². The van der Waals surface area contributed by atoms with Crippen LogP contribution in [0.25, 0.3) is 0 Å². The second kappa shape index (κ2) is 17.1. The molecule has 0 radical (unpaired) electrons. The Morgan fingerprint density at radius 2 is 1.44 bits per heavy atom. The van der Waals surface area contributed by atoms with Crippen LogP contribution in [0.3, 0.4) is 0 Å². The minimum atomic E-state index is -1.00. The quantitative estimate of drug-likeness (QED) is 0.137. The monoisotopic (exact) mass is 615 g/mol. The van der Waals surface area contributed by atoms with Gasteiger partial charge in [-0.1, -0.05) is 23.8 Å². The number of hydrogen-bond acceptors (Lipinski definition) is 11. The molecule has 13 heteroatoms. The van der Waals surface area contributed by atoms with Gasteiger partial charge in [0.15, 0.2) is 0 Å². The third-order valence-corrected chi connectivity index (χ3v) is 7.38. The predicted octanol–water partition coefficient (Wildman–Crippen LogP) is 2.60. The first-order valence-electron chi connectivity index (χ1n) is 14.2. The molecule has 2 aliphatic heterocycles. The number of ether oxygens (including phenoxy) is 4. The molecule has 0 bridgehead atoms. The van der Waals surface area contributed by atoms with Crippen molar-refractivity contribution in [3.63, 3.8) is 0 Å². The molecule has 1 fully saturated rings. The summed E-state index contributed by atoms with van der Waals surface area (Å²) < 4.78 is 27.6. The molecule has 2 aromatic carbocycles. The van der Waals surface area contributed by atoms with E-state index in [1.165, 1.54) is 17.6 Å². The van der Waals surface area contributed by atoms with Crippen molar-refractivity contribution in [1.82, 2.24) is 10.2 Å². The minimum Gasteiger partial charge on any atom is -0.382 e. The smallest absolute Gasteiger partial charge is 0.264 e. The maximum atomic E-state index is 13.1. The maximum Gasteiger partial charge on any atom is 0.264 e. The SMILES string of the molecule is Cc1ccc(SOCCOCCOCCOCCOCCNc2cccc3c2C(=O)N(C2CCC(=O)NC2=O)C3=O)cc1. The zero-order chi connectivity index (χ0) is 30.4. The lowest BCUT2D eigenvalue weighted by atomic mass is 10.0. The van der Waals surface area contributed by atoms with Gasteiger partial charge >= 0.3 is 0 Å². The highest BCUT2D eigenvalue weighted by molar-refractivity contribution is 7.94. The topological polar surface area (TPSA) is 142 Å². The van der Waals surface area contributed by atoms with E-state index >= 15 is 0 Å². The molecule has 12 nitrogen and oxygen atoms in total. The molecule has 2 aliphatic rings. The normalized spacial score (nSPS) is 16.5. The second-order valence-electron chi connectivity index (χ2n) is 9.77. The molecule has 4 amide bonds. The van der Waals surface area contributed by atoms with E-state index in [1.807, 2.05) is 31.2 Å². The van der Waals surface area contributed by atoms with Crippen LogP contribution in [0.5, 0.6) is 0 Å². The Morgan fingerprint density at radius 1 is 0.814 bits per heavy atom. The lowest BCUT2D eigenvalue weighted by molar-refractivity contribution is -0.136. The molecular weight excluding hydrogens is 578 g/mol. The van der Waals surface area contributed by atoms with E-state index in [-0.39, 0.29) is 24.0 Å². The third-order valence-electron chi connectivity index (χ3n) is 6.63. The molecule has 2 heterocycles. The van der Waals surface area contributed by atoms with E-state index in [0.717, 1.165) is 9.80 Å². The van der Waals surface area contributed by atoms with Crippen molar-refractivity contribution >= 4 is 41.4 Å². The number of fused-ring (bicyclic) bond motifs is 1. The fourth-order valence-electron chi connectivity index (χ4n) is 4.48. The summed E-state index contributed by atoms with van der Waals surface area (Å²) in [7, 11) is 0. The summed E-state index contributed by atoms with van der Waals surface area (Å²) in [6, 6.07) is 12.1. The summed E-state index contributed by atoms with van der Waals surface area (Å²) >= 11 is 1.34. The Kier molecular flexibility index (Phi) is 12.9. The largest absolute Gasteiger partial charge is 0.382 e. The van der Waals surface area contributed by atoms with E-state index < -0.39 is 29.7 Å². The lowest BCUT2D eigenvalue weighted by Crippen LogP contribution is -2.54. The third kappa shape index (κ3) is 9.58. The Bertz CT molecular complexity index is 1260. The van der Waals surface area contributed by atoms with Gasteiger partial charge in [0.1, 0.15) is 6.04 Å². The number of hydrogen-bond donors (Lipinski definition) is 2. The van der Waals surface area contributed by atoms with Gasteiger partial charge in [0.2, 0.25) is 11.8 Å². The number of imide groups is 2. The number of nitrogens with one attached hydrogen (secondary N) is 2. The first-order valence-corrected chi connectivity index (χ1v) is 15.0. The summed E-state index contributed by atoms with van der Waals surface area (Å²) in [5.41, 5.74) is 2.15. The lowest BCUT2D eigenvalue weighted by Gasteiger charge is -2.27. The summed E-state index contributed by atoms with van der Waals surface area (Å²) in [6.45, 7) is 6.42. The van der Waals surface area contributed by atoms with Crippen LogP contribution in [0.2, 0.25) is 0 Å².